The van der Waals surface area contributed by atoms with E-state index in [4.69, 9.17) is 11.6 Å². The minimum absolute atomic E-state index is 0.0533. The number of sulfonamides is 1. The summed E-state index contributed by atoms with van der Waals surface area (Å²) in [6.07, 6.45) is 4.82. The summed E-state index contributed by atoms with van der Waals surface area (Å²) in [5.74, 6) is 0.792. The van der Waals surface area contributed by atoms with Gasteiger partial charge in [0.05, 0.1) is 5.75 Å². The summed E-state index contributed by atoms with van der Waals surface area (Å²) in [6, 6.07) is 0. The Kier molecular flexibility index (Phi) is 4.67. The Morgan fingerprint density at radius 1 is 1.36 bits per heavy atom. The largest absolute Gasteiger partial charge is 0.215 e. The van der Waals surface area contributed by atoms with Crippen LogP contribution in [0.5, 0.6) is 0 Å². The molecule has 0 unspecified atom stereocenters. The molecule has 1 rings (SSSR count). The summed E-state index contributed by atoms with van der Waals surface area (Å²) < 4.78 is 24.6. The minimum atomic E-state index is -3.10. The van der Waals surface area contributed by atoms with Gasteiger partial charge in [0.2, 0.25) is 10.0 Å². The van der Waals surface area contributed by atoms with E-state index in [0.717, 1.165) is 0 Å². The number of alkyl halides is 1. The average Bonchev–Trinajstić information content (AvgIpc) is 2.56. The number of hydrogen-bond donors (Lipinski definition) is 0. The van der Waals surface area contributed by atoms with Gasteiger partial charge in [-0.25, -0.2) is 12.7 Å². The molecule has 0 N–H and O–H groups in total. The van der Waals surface area contributed by atoms with Crippen molar-refractivity contribution in [2.24, 2.45) is 5.92 Å². The number of nitrogens with zero attached hydrogens (tertiary/aromatic N) is 1. The van der Waals surface area contributed by atoms with Crippen molar-refractivity contribution in [2.75, 3.05) is 25.2 Å². The van der Waals surface area contributed by atoms with Crippen LogP contribution in [0.1, 0.15) is 25.7 Å². The molecule has 0 aromatic rings. The Morgan fingerprint density at radius 3 is 2.43 bits per heavy atom. The van der Waals surface area contributed by atoms with E-state index in [2.05, 4.69) is 0 Å². The number of rotatable bonds is 5. The first kappa shape index (κ1) is 12.3. The van der Waals surface area contributed by atoms with E-state index in [9.17, 15) is 8.42 Å². The molecule has 84 valence electrons. The van der Waals surface area contributed by atoms with Crippen LogP contribution in [0.4, 0.5) is 0 Å². The van der Waals surface area contributed by atoms with Crippen LogP contribution in [-0.2, 0) is 10.0 Å². The first-order valence-corrected chi connectivity index (χ1v) is 7.20. The fraction of sp³-hybridized carbons (Fsp3) is 1.00. The summed E-state index contributed by atoms with van der Waals surface area (Å²) in [7, 11) is -1.44. The fourth-order valence-electron chi connectivity index (χ4n) is 1.92. The van der Waals surface area contributed by atoms with Crippen LogP contribution in [0.15, 0.2) is 0 Å². The molecule has 0 amide bonds. The zero-order valence-electron chi connectivity index (χ0n) is 8.58. The standard InChI is InChI=1S/C9H18ClNO2S/c1-11(14(12,13)7-6-10)8-9-4-2-3-5-9/h9H,2-8H2,1H3. The van der Waals surface area contributed by atoms with Gasteiger partial charge in [-0.3, -0.25) is 0 Å². The molecule has 0 aromatic carbocycles. The smallest absolute Gasteiger partial charge is 0.212 e. The predicted octanol–water partition coefficient (Wildman–Crippen LogP) is 1.68. The molecule has 1 fully saturated rings. The molecule has 0 atom stereocenters. The lowest BCUT2D eigenvalue weighted by Gasteiger charge is -2.20. The molecular formula is C9H18ClNO2S. The highest BCUT2D eigenvalue weighted by Crippen LogP contribution is 2.25. The van der Waals surface area contributed by atoms with Gasteiger partial charge in [0.15, 0.2) is 0 Å². The third-order valence-electron chi connectivity index (χ3n) is 2.80. The highest BCUT2D eigenvalue weighted by Gasteiger charge is 2.23. The van der Waals surface area contributed by atoms with Crippen molar-refractivity contribution in [1.29, 1.82) is 0 Å². The van der Waals surface area contributed by atoms with Gasteiger partial charge in [0.1, 0.15) is 0 Å². The van der Waals surface area contributed by atoms with Crippen molar-refractivity contribution >= 4 is 21.6 Å². The zero-order chi connectivity index (χ0) is 10.6. The second kappa shape index (κ2) is 5.33. The van der Waals surface area contributed by atoms with Gasteiger partial charge >= 0.3 is 0 Å². The SMILES string of the molecule is CN(CC1CCCC1)S(=O)(=O)CCCl. The summed E-state index contributed by atoms with van der Waals surface area (Å²) in [6.45, 7) is 0.666. The second-order valence-corrected chi connectivity index (χ2v) is 6.51. The van der Waals surface area contributed by atoms with E-state index in [0.29, 0.717) is 12.5 Å². The quantitative estimate of drug-likeness (QED) is 0.685. The average molecular weight is 240 g/mol. The van der Waals surface area contributed by atoms with Gasteiger partial charge in [0, 0.05) is 19.5 Å². The summed E-state index contributed by atoms with van der Waals surface area (Å²) >= 11 is 5.44. The highest BCUT2D eigenvalue weighted by atomic mass is 35.5. The first-order valence-electron chi connectivity index (χ1n) is 5.06. The van der Waals surface area contributed by atoms with Crippen LogP contribution >= 0.6 is 11.6 Å². The maximum atomic E-state index is 11.6. The minimum Gasteiger partial charge on any atom is -0.212 e. The molecule has 14 heavy (non-hydrogen) atoms. The normalized spacial score (nSPS) is 19.4. The molecule has 1 aliphatic carbocycles. The fourth-order valence-corrected chi connectivity index (χ4v) is 3.45. The van der Waals surface area contributed by atoms with E-state index >= 15 is 0 Å². The van der Waals surface area contributed by atoms with Crippen molar-refractivity contribution in [3.63, 3.8) is 0 Å². The van der Waals surface area contributed by atoms with Crippen LogP contribution in [0, 0.1) is 5.92 Å². The van der Waals surface area contributed by atoms with E-state index in [1.807, 2.05) is 0 Å². The molecule has 3 nitrogen and oxygen atoms in total. The Labute approximate surface area is 91.5 Å². The first-order chi connectivity index (χ1) is 6.56. The van der Waals surface area contributed by atoms with E-state index in [-0.39, 0.29) is 11.6 Å². The lowest BCUT2D eigenvalue weighted by Crippen LogP contribution is -2.33. The van der Waals surface area contributed by atoms with Crippen molar-refractivity contribution in [3.8, 4) is 0 Å². The lowest BCUT2D eigenvalue weighted by atomic mass is 10.1. The molecule has 0 aromatic heterocycles. The summed E-state index contributed by atoms with van der Waals surface area (Å²) in [5, 5.41) is 0. The zero-order valence-corrected chi connectivity index (χ0v) is 10.1. The number of hydrogen-bond acceptors (Lipinski definition) is 2. The monoisotopic (exact) mass is 239 g/mol. The van der Waals surface area contributed by atoms with Crippen LogP contribution in [-0.4, -0.2) is 37.9 Å². The van der Waals surface area contributed by atoms with Crippen LogP contribution in [0.2, 0.25) is 0 Å². The molecule has 0 radical (unpaired) electrons. The maximum absolute atomic E-state index is 11.6. The van der Waals surface area contributed by atoms with Gasteiger partial charge in [-0.2, -0.15) is 0 Å². The highest BCUT2D eigenvalue weighted by molar-refractivity contribution is 7.89. The van der Waals surface area contributed by atoms with Gasteiger partial charge < -0.3 is 0 Å². The van der Waals surface area contributed by atoms with Crippen LogP contribution < -0.4 is 0 Å². The Hall–Kier alpha value is 0.200. The van der Waals surface area contributed by atoms with Gasteiger partial charge in [0.25, 0.3) is 0 Å². The topological polar surface area (TPSA) is 37.4 Å². The Morgan fingerprint density at radius 2 is 1.93 bits per heavy atom. The molecule has 5 heteroatoms. The lowest BCUT2D eigenvalue weighted by molar-refractivity contribution is 0.388. The molecule has 0 saturated heterocycles. The van der Waals surface area contributed by atoms with E-state index < -0.39 is 10.0 Å². The van der Waals surface area contributed by atoms with Gasteiger partial charge in [-0.05, 0) is 18.8 Å². The third-order valence-corrected chi connectivity index (χ3v) is 5.03. The van der Waals surface area contributed by atoms with Crippen LogP contribution in [0.25, 0.3) is 0 Å². The molecule has 0 heterocycles. The summed E-state index contributed by atoms with van der Waals surface area (Å²) in [5.41, 5.74) is 0. The van der Waals surface area contributed by atoms with Gasteiger partial charge in [-0.15, -0.1) is 11.6 Å². The van der Waals surface area contributed by atoms with E-state index in [1.165, 1.54) is 30.0 Å². The Bertz CT molecular complexity index is 260. The van der Waals surface area contributed by atoms with Crippen molar-refractivity contribution < 1.29 is 8.42 Å². The second-order valence-electron chi connectivity index (χ2n) is 3.94. The molecule has 0 bridgehead atoms. The van der Waals surface area contributed by atoms with Crippen molar-refractivity contribution in [2.45, 2.75) is 25.7 Å². The van der Waals surface area contributed by atoms with Crippen molar-refractivity contribution in [1.82, 2.24) is 4.31 Å². The molecule has 1 aliphatic rings. The molecule has 1 saturated carbocycles. The molecular weight excluding hydrogens is 222 g/mol. The number of halogens is 1. The van der Waals surface area contributed by atoms with E-state index in [1.54, 1.807) is 7.05 Å². The predicted molar refractivity (Wildman–Crippen MR) is 59.1 cm³/mol. The van der Waals surface area contributed by atoms with Crippen LogP contribution in [0.3, 0.4) is 0 Å². The molecule has 0 aliphatic heterocycles. The Balaban J connectivity index is 2.43. The summed E-state index contributed by atoms with van der Waals surface area (Å²) in [4.78, 5) is 0. The van der Waals surface area contributed by atoms with Gasteiger partial charge in [-0.1, -0.05) is 12.8 Å². The van der Waals surface area contributed by atoms with Crippen molar-refractivity contribution in [3.05, 3.63) is 0 Å². The third kappa shape index (κ3) is 3.41. The molecule has 0 spiro atoms. The maximum Gasteiger partial charge on any atom is 0.215 e.